The van der Waals surface area contributed by atoms with Crippen molar-refractivity contribution in [1.82, 2.24) is 10.6 Å². The summed E-state index contributed by atoms with van der Waals surface area (Å²) < 4.78 is 46.9. The largest absolute Gasteiger partial charge is 0.484 e. The number of rotatable bonds is 9. The fourth-order valence-electron chi connectivity index (χ4n) is 2.48. The van der Waals surface area contributed by atoms with Crippen molar-refractivity contribution in [3.63, 3.8) is 0 Å². The van der Waals surface area contributed by atoms with Gasteiger partial charge < -0.3 is 20.1 Å². The molecule has 0 radical (unpaired) electrons. The zero-order valence-electron chi connectivity index (χ0n) is 17.4. The van der Waals surface area contributed by atoms with Crippen molar-refractivity contribution in [3.05, 3.63) is 65.2 Å². The maximum absolute atomic E-state index is 12.2. The molecule has 0 heterocycles. The Balaban J connectivity index is 1.76. The zero-order chi connectivity index (χ0) is 22.0. The lowest BCUT2D eigenvalue weighted by atomic mass is 10.1. The Hall–Kier alpha value is -2.74. The molecular weight excluding hydrogens is 395 g/mol. The van der Waals surface area contributed by atoms with E-state index in [1.807, 2.05) is 38.1 Å². The summed E-state index contributed by atoms with van der Waals surface area (Å²) >= 11 is 0. The maximum atomic E-state index is 12.2. The molecule has 2 aromatic rings. The standard InChI is InChI=1S/C22H28F3N3O2/c1-16(2)29-14-19-6-4-17(5-7-19)12-27-21(26-3)28-13-18-8-10-20(11-9-18)30-15-22(23,24)25/h4-11,16H,12-15H2,1-3H3,(H2,26,27,28). The minimum atomic E-state index is -4.35. The molecule has 0 amide bonds. The Morgan fingerprint density at radius 2 is 1.40 bits per heavy atom. The second-order valence-corrected chi connectivity index (χ2v) is 7.00. The molecule has 0 atom stereocenters. The average Bonchev–Trinajstić information content (AvgIpc) is 2.72. The molecule has 8 heteroatoms. The lowest BCUT2D eigenvalue weighted by Crippen LogP contribution is -2.36. The van der Waals surface area contributed by atoms with E-state index in [-0.39, 0.29) is 11.9 Å². The van der Waals surface area contributed by atoms with Crippen molar-refractivity contribution in [2.45, 2.75) is 45.8 Å². The van der Waals surface area contributed by atoms with Crippen LogP contribution in [0.3, 0.4) is 0 Å². The first kappa shape index (κ1) is 23.5. The van der Waals surface area contributed by atoms with Crippen LogP contribution in [-0.2, 0) is 24.4 Å². The molecule has 2 N–H and O–H groups in total. The van der Waals surface area contributed by atoms with E-state index in [2.05, 4.69) is 15.6 Å². The SMILES string of the molecule is CN=C(NCc1ccc(COC(C)C)cc1)NCc1ccc(OCC(F)(F)F)cc1. The maximum Gasteiger partial charge on any atom is 0.422 e. The lowest BCUT2D eigenvalue weighted by molar-refractivity contribution is -0.153. The molecule has 0 aromatic heterocycles. The van der Waals surface area contributed by atoms with Crippen LogP contribution >= 0.6 is 0 Å². The van der Waals surface area contributed by atoms with Crippen LogP contribution in [0.25, 0.3) is 0 Å². The molecular formula is C22H28F3N3O2. The van der Waals surface area contributed by atoms with Gasteiger partial charge in [-0.15, -0.1) is 0 Å². The molecule has 0 aliphatic carbocycles. The number of nitrogens with one attached hydrogen (secondary N) is 2. The van der Waals surface area contributed by atoms with Gasteiger partial charge in [-0.3, -0.25) is 4.99 Å². The van der Waals surface area contributed by atoms with Crippen LogP contribution in [0, 0.1) is 0 Å². The fraction of sp³-hybridized carbons (Fsp3) is 0.409. The second-order valence-electron chi connectivity index (χ2n) is 7.00. The highest BCUT2D eigenvalue weighted by molar-refractivity contribution is 5.79. The lowest BCUT2D eigenvalue weighted by Gasteiger charge is -2.13. The summed E-state index contributed by atoms with van der Waals surface area (Å²) in [7, 11) is 1.68. The van der Waals surface area contributed by atoms with Gasteiger partial charge in [0.2, 0.25) is 0 Å². The Morgan fingerprint density at radius 3 is 1.87 bits per heavy atom. The van der Waals surface area contributed by atoms with Crippen LogP contribution in [0.4, 0.5) is 13.2 Å². The number of nitrogens with zero attached hydrogens (tertiary/aromatic N) is 1. The van der Waals surface area contributed by atoms with E-state index in [1.165, 1.54) is 12.1 Å². The van der Waals surface area contributed by atoms with E-state index in [0.29, 0.717) is 25.7 Å². The molecule has 0 aliphatic heterocycles. The molecule has 0 aliphatic rings. The van der Waals surface area contributed by atoms with Gasteiger partial charge in [0.25, 0.3) is 0 Å². The van der Waals surface area contributed by atoms with Gasteiger partial charge in [-0.2, -0.15) is 13.2 Å². The quantitative estimate of drug-likeness (QED) is 0.463. The third-order valence-electron chi connectivity index (χ3n) is 4.08. The van der Waals surface area contributed by atoms with Crippen LogP contribution in [0.2, 0.25) is 0 Å². The van der Waals surface area contributed by atoms with Gasteiger partial charge in [0, 0.05) is 20.1 Å². The Bertz CT molecular complexity index is 789. The van der Waals surface area contributed by atoms with Crippen LogP contribution in [-0.4, -0.2) is 31.9 Å². The number of benzene rings is 2. The summed E-state index contributed by atoms with van der Waals surface area (Å²) in [5, 5.41) is 6.41. The van der Waals surface area contributed by atoms with Crippen LogP contribution < -0.4 is 15.4 Å². The predicted octanol–water partition coefficient (Wildman–Crippen LogP) is 4.42. The van der Waals surface area contributed by atoms with Crippen LogP contribution in [0.5, 0.6) is 5.75 Å². The number of hydrogen-bond acceptors (Lipinski definition) is 3. The van der Waals surface area contributed by atoms with E-state index < -0.39 is 12.8 Å². The smallest absolute Gasteiger partial charge is 0.422 e. The van der Waals surface area contributed by atoms with Crippen molar-refractivity contribution >= 4 is 5.96 Å². The number of guanidine groups is 1. The van der Waals surface area contributed by atoms with Gasteiger partial charge in [-0.05, 0) is 42.7 Å². The minimum absolute atomic E-state index is 0.181. The monoisotopic (exact) mass is 423 g/mol. The van der Waals surface area contributed by atoms with E-state index in [4.69, 9.17) is 9.47 Å². The average molecular weight is 423 g/mol. The minimum Gasteiger partial charge on any atom is -0.484 e. The second kappa shape index (κ2) is 11.4. The number of hydrogen-bond donors (Lipinski definition) is 2. The first-order valence-corrected chi connectivity index (χ1v) is 9.67. The Labute approximate surface area is 175 Å². The highest BCUT2D eigenvalue weighted by Crippen LogP contribution is 2.18. The van der Waals surface area contributed by atoms with Crippen molar-refractivity contribution in [2.75, 3.05) is 13.7 Å². The van der Waals surface area contributed by atoms with E-state index in [9.17, 15) is 13.2 Å². The van der Waals surface area contributed by atoms with Gasteiger partial charge >= 0.3 is 6.18 Å². The number of ether oxygens (including phenoxy) is 2. The third kappa shape index (κ3) is 9.17. The van der Waals surface area contributed by atoms with Gasteiger partial charge in [-0.25, -0.2) is 0 Å². The summed E-state index contributed by atoms with van der Waals surface area (Å²) in [5.74, 6) is 0.806. The number of alkyl halides is 3. The van der Waals surface area contributed by atoms with Crippen LogP contribution in [0.1, 0.15) is 30.5 Å². The first-order valence-electron chi connectivity index (χ1n) is 9.67. The highest BCUT2D eigenvalue weighted by Gasteiger charge is 2.28. The van der Waals surface area contributed by atoms with Gasteiger partial charge in [0.05, 0.1) is 12.7 Å². The molecule has 0 spiro atoms. The van der Waals surface area contributed by atoms with E-state index >= 15 is 0 Å². The summed E-state index contributed by atoms with van der Waals surface area (Å²) in [6, 6.07) is 14.6. The zero-order valence-corrected chi connectivity index (χ0v) is 17.4. The van der Waals surface area contributed by atoms with Gasteiger partial charge in [-0.1, -0.05) is 36.4 Å². The molecule has 0 bridgehead atoms. The molecule has 2 rings (SSSR count). The first-order chi connectivity index (χ1) is 14.2. The normalized spacial score (nSPS) is 12.2. The number of halogens is 3. The van der Waals surface area contributed by atoms with Crippen molar-refractivity contribution in [2.24, 2.45) is 4.99 Å². The third-order valence-corrected chi connectivity index (χ3v) is 4.08. The molecule has 5 nitrogen and oxygen atoms in total. The summed E-state index contributed by atoms with van der Waals surface area (Å²) in [6.07, 6.45) is -4.15. The molecule has 0 saturated carbocycles. The van der Waals surface area contributed by atoms with Crippen LogP contribution in [0.15, 0.2) is 53.5 Å². The fourth-order valence-corrected chi connectivity index (χ4v) is 2.48. The highest BCUT2D eigenvalue weighted by atomic mass is 19.4. The summed E-state index contributed by atoms with van der Waals surface area (Å²) in [5.41, 5.74) is 3.13. The molecule has 2 aromatic carbocycles. The molecule has 0 fully saturated rings. The predicted molar refractivity (Wildman–Crippen MR) is 111 cm³/mol. The van der Waals surface area contributed by atoms with Gasteiger partial charge in [0.15, 0.2) is 12.6 Å². The molecule has 30 heavy (non-hydrogen) atoms. The summed E-state index contributed by atoms with van der Waals surface area (Å²) in [6.45, 7) is 4.39. The topological polar surface area (TPSA) is 54.9 Å². The van der Waals surface area contributed by atoms with Crippen molar-refractivity contribution < 1.29 is 22.6 Å². The van der Waals surface area contributed by atoms with Crippen molar-refractivity contribution in [3.8, 4) is 5.75 Å². The molecule has 164 valence electrons. The molecule has 0 saturated heterocycles. The Morgan fingerprint density at radius 1 is 0.900 bits per heavy atom. The number of aliphatic imine (C=N–C) groups is 1. The molecule has 0 unspecified atom stereocenters. The van der Waals surface area contributed by atoms with Gasteiger partial charge in [0.1, 0.15) is 5.75 Å². The van der Waals surface area contributed by atoms with E-state index in [1.54, 1.807) is 19.2 Å². The summed E-state index contributed by atoms with van der Waals surface area (Å²) in [4.78, 5) is 4.18. The van der Waals surface area contributed by atoms with Crippen molar-refractivity contribution in [1.29, 1.82) is 0 Å². The van der Waals surface area contributed by atoms with E-state index in [0.717, 1.165) is 16.7 Å². The Kier molecular flexibility index (Phi) is 8.98.